The van der Waals surface area contributed by atoms with Gasteiger partial charge in [-0.15, -0.1) is 11.3 Å². The number of carbonyl (C=O) groups is 1. The van der Waals surface area contributed by atoms with Gasteiger partial charge in [0.05, 0.1) is 16.8 Å². The average Bonchev–Trinajstić information content (AvgIpc) is 3.35. The third kappa shape index (κ3) is 3.95. The highest BCUT2D eigenvalue weighted by molar-refractivity contribution is 7.18. The van der Waals surface area contributed by atoms with Crippen LogP contribution < -0.4 is 0 Å². The SMILES string of the molecule is O=C(/C=C/c1cc2ccccc2o1)N1CCN(Cc2nc3ccccc3s2)CC1. The molecule has 5 nitrogen and oxygen atoms in total. The lowest BCUT2D eigenvalue weighted by atomic mass is 10.2. The Morgan fingerprint density at radius 3 is 2.69 bits per heavy atom. The topological polar surface area (TPSA) is 49.6 Å². The summed E-state index contributed by atoms with van der Waals surface area (Å²) in [5.41, 5.74) is 1.90. The van der Waals surface area contributed by atoms with Crippen LogP contribution in [0.3, 0.4) is 0 Å². The van der Waals surface area contributed by atoms with Crippen molar-refractivity contribution in [2.75, 3.05) is 26.2 Å². The van der Waals surface area contributed by atoms with Crippen molar-refractivity contribution in [2.45, 2.75) is 6.54 Å². The molecule has 0 radical (unpaired) electrons. The summed E-state index contributed by atoms with van der Waals surface area (Å²) in [6.45, 7) is 4.03. The van der Waals surface area contributed by atoms with Gasteiger partial charge in [-0.25, -0.2) is 4.98 Å². The fourth-order valence-electron chi connectivity index (χ4n) is 3.65. The molecule has 1 aliphatic rings. The normalized spacial score (nSPS) is 15.7. The van der Waals surface area contributed by atoms with Crippen molar-refractivity contribution in [3.63, 3.8) is 0 Å². The molecular weight excluding hydrogens is 382 g/mol. The second-order valence-electron chi connectivity index (χ2n) is 7.20. The van der Waals surface area contributed by atoms with Gasteiger partial charge in [0.15, 0.2) is 0 Å². The highest BCUT2D eigenvalue weighted by Crippen LogP contribution is 2.23. The quantitative estimate of drug-likeness (QED) is 0.474. The Balaban J connectivity index is 1.17. The molecule has 29 heavy (non-hydrogen) atoms. The number of rotatable bonds is 4. The highest BCUT2D eigenvalue weighted by atomic mass is 32.1. The molecule has 146 valence electrons. The zero-order chi connectivity index (χ0) is 19.6. The third-order valence-electron chi connectivity index (χ3n) is 5.22. The van der Waals surface area contributed by atoms with E-state index in [1.807, 2.05) is 47.4 Å². The third-order valence-corrected chi connectivity index (χ3v) is 6.24. The van der Waals surface area contributed by atoms with Gasteiger partial charge in [0.1, 0.15) is 16.4 Å². The van der Waals surface area contributed by atoms with Gasteiger partial charge in [0, 0.05) is 37.6 Å². The lowest BCUT2D eigenvalue weighted by Gasteiger charge is -2.33. The van der Waals surface area contributed by atoms with Crippen LogP contribution in [-0.2, 0) is 11.3 Å². The lowest BCUT2D eigenvalue weighted by Crippen LogP contribution is -2.47. The van der Waals surface area contributed by atoms with Crippen LogP contribution in [0.4, 0.5) is 0 Å². The summed E-state index contributed by atoms with van der Waals surface area (Å²) < 4.78 is 6.97. The molecule has 0 saturated carbocycles. The molecule has 2 aromatic heterocycles. The molecule has 1 amide bonds. The largest absolute Gasteiger partial charge is 0.457 e. The first-order valence-electron chi connectivity index (χ1n) is 9.77. The van der Waals surface area contributed by atoms with E-state index < -0.39 is 0 Å². The van der Waals surface area contributed by atoms with Gasteiger partial charge >= 0.3 is 0 Å². The summed E-state index contributed by atoms with van der Waals surface area (Å²) >= 11 is 1.75. The number of fused-ring (bicyclic) bond motifs is 2. The van der Waals surface area contributed by atoms with Crippen LogP contribution in [0.5, 0.6) is 0 Å². The van der Waals surface area contributed by atoms with E-state index in [-0.39, 0.29) is 5.91 Å². The Hall–Kier alpha value is -2.96. The summed E-state index contributed by atoms with van der Waals surface area (Å²) in [6, 6.07) is 18.0. The average molecular weight is 404 g/mol. The Morgan fingerprint density at radius 2 is 1.86 bits per heavy atom. The van der Waals surface area contributed by atoms with Crippen molar-refractivity contribution in [3.8, 4) is 0 Å². The molecule has 1 aliphatic heterocycles. The van der Waals surface area contributed by atoms with Gasteiger partial charge in [-0.2, -0.15) is 0 Å². The van der Waals surface area contributed by atoms with E-state index in [1.165, 1.54) is 4.70 Å². The molecular formula is C23H21N3O2S. The maximum atomic E-state index is 12.5. The van der Waals surface area contributed by atoms with Gasteiger partial charge in [-0.1, -0.05) is 30.3 Å². The first-order valence-corrected chi connectivity index (χ1v) is 10.6. The van der Waals surface area contributed by atoms with Crippen molar-refractivity contribution >= 4 is 44.5 Å². The Kier molecular flexibility index (Phi) is 4.87. The fraction of sp³-hybridized carbons (Fsp3) is 0.217. The van der Waals surface area contributed by atoms with Crippen LogP contribution >= 0.6 is 11.3 Å². The second-order valence-corrected chi connectivity index (χ2v) is 8.31. The van der Waals surface area contributed by atoms with Crippen molar-refractivity contribution in [3.05, 3.63) is 71.4 Å². The molecule has 0 spiro atoms. The zero-order valence-corrected chi connectivity index (χ0v) is 16.8. The minimum Gasteiger partial charge on any atom is -0.457 e. The minimum atomic E-state index is 0.0325. The molecule has 0 unspecified atom stereocenters. The van der Waals surface area contributed by atoms with Crippen molar-refractivity contribution in [1.29, 1.82) is 0 Å². The first kappa shape index (κ1) is 18.1. The minimum absolute atomic E-state index is 0.0325. The number of benzene rings is 2. The summed E-state index contributed by atoms with van der Waals surface area (Å²) in [5, 5.41) is 2.18. The highest BCUT2D eigenvalue weighted by Gasteiger charge is 2.20. The molecule has 6 heteroatoms. The summed E-state index contributed by atoms with van der Waals surface area (Å²) in [4.78, 5) is 21.5. The van der Waals surface area contributed by atoms with Crippen LogP contribution in [0.25, 0.3) is 27.3 Å². The molecule has 0 atom stereocenters. The Morgan fingerprint density at radius 1 is 1.07 bits per heavy atom. The van der Waals surface area contributed by atoms with E-state index in [0.29, 0.717) is 5.76 Å². The number of aromatic nitrogens is 1. The standard InChI is InChI=1S/C23H21N3O2S/c27-23(10-9-18-15-17-5-1-3-7-20(17)28-18)26-13-11-25(12-14-26)16-22-24-19-6-2-4-8-21(19)29-22/h1-10,15H,11-14,16H2/b10-9+. The molecule has 1 saturated heterocycles. The van der Waals surface area contributed by atoms with Crippen LogP contribution in [-0.4, -0.2) is 46.9 Å². The van der Waals surface area contributed by atoms with Crippen molar-refractivity contribution < 1.29 is 9.21 Å². The number of amides is 1. The number of piperazine rings is 1. The molecule has 0 bridgehead atoms. The molecule has 2 aromatic carbocycles. The van der Waals surface area contributed by atoms with E-state index in [0.717, 1.165) is 54.2 Å². The van der Waals surface area contributed by atoms with E-state index >= 15 is 0 Å². The monoisotopic (exact) mass is 403 g/mol. The fourth-order valence-corrected chi connectivity index (χ4v) is 4.66. The maximum Gasteiger partial charge on any atom is 0.246 e. The van der Waals surface area contributed by atoms with Crippen LogP contribution in [0, 0.1) is 0 Å². The Labute approximate surface area is 172 Å². The molecule has 3 heterocycles. The Bertz CT molecular complexity index is 1120. The maximum absolute atomic E-state index is 12.5. The van der Waals surface area contributed by atoms with E-state index in [1.54, 1.807) is 23.5 Å². The van der Waals surface area contributed by atoms with E-state index in [4.69, 9.17) is 9.40 Å². The number of carbonyl (C=O) groups excluding carboxylic acids is 1. The number of thiazole rings is 1. The molecule has 0 N–H and O–H groups in total. The van der Waals surface area contributed by atoms with Gasteiger partial charge in [-0.05, 0) is 30.3 Å². The number of nitrogens with zero attached hydrogens (tertiary/aromatic N) is 3. The van der Waals surface area contributed by atoms with E-state index in [2.05, 4.69) is 17.0 Å². The number of para-hydroxylation sites is 2. The predicted octanol–water partition coefficient (Wildman–Crippen LogP) is 4.40. The lowest BCUT2D eigenvalue weighted by molar-refractivity contribution is -0.127. The van der Waals surface area contributed by atoms with Gasteiger partial charge < -0.3 is 9.32 Å². The smallest absolute Gasteiger partial charge is 0.246 e. The number of hydrogen-bond donors (Lipinski definition) is 0. The summed E-state index contributed by atoms with van der Waals surface area (Å²) in [6.07, 6.45) is 3.37. The van der Waals surface area contributed by atoms with Crippen molar-refractivity contribution in [2.24, 2.45) is 0 Å². The number of furan rings is 1. The van der Waals surface area contributed by atoms with Gasteiger partial charge in [0.25, 0.3) is 0 Å². The molecule has 5 rings (SSSR count). The summed E-state index contributed by atoms with van der Waals surface area (Å²) in [5.74, 6) is 0.735. The second kappa shape index (κ2) is 7.81. The van der Waals surface area contributed by atoms with E-state index in [9.17, 15) is 4.79 Å². The van der Waals surface area contributed by atoms with Crippen LogP contribution in [0.1, 0.15) is 10.8 Å². The van der Waals surface area contributed by atoms with Gasteiger partial charge in [0.2, 0.25) is 5.91 Å². The van der Waals surface area contributed by atoms with Crippen molar-refractivity contribution in [1.82, 2.24) is 14.8 Å². The molecule has 4 aromatic rings. The zero-order valence-electron chi connectivity index (χ0n) is 16.0. The van der Waals surface area contributed by atoms with Gasteiger partial charge in [-0.3, -0.25) is 9.69 Å². The number of hydrogen-bond acceptors (Lipinski definition) is 5. The predicted molar refractivity (Wildman–Crippen MR) is 117 cm³/mol. The first-order chi connectivity index (χ1) is 14.2. The summed E-state index contributed by atoms with van der Waals surface area (Å²) in [7, 11) is 0. The molecule has 0 aliphatic carbocycles. The molecule has 1 fully saturated rings. The van der Waals surface area contributed by atoms with Crippen LogP contribution in [0.2, 0.25) is 0 Å². The van der Waals surface area contributed by atoms with Crippen LogP contribution in [0.15, 0.2) is 65.1 Å².